The van der Waals surface area contributed by atoms with Gasteiger partial charge in [0.1, 0.15) is 17.5 Å². The van der Waals surface area contributed by atoms with Crippen LogP contribution in [0.3, 0.4) is 0 Å². The van der Waals surface area contributed by atoms with Gasteiger partial charge in [0.25, 0.3) is 5.91 Å². The summed E-state index contributed by atoms with van der Waals surface area (Å²) in [7, 11) is 1.60. The van der Waals surface area contributed by atoms with Crippen molar-refractivity contribution in [1.82, 2.24) is 15.2 Å². The van der Waals surface area contributed by atoms with Crippen LogP contribution in [0.25, 0.3) is 10.8 Å². The van der Waals surface area contributed by atoms with E-state index in [1.807, 2.05) is 19.1 Å². The Bertz CT molecular complexity index is 722. The molecule has 3 rings (SSSR count). The van der Waals surface area contributed by atoms with Crippen molar-refractivity contribution in [3.8, 4) is 10.8 Å². The second-order valence-electron chi connectivity index (χ2n) is 5.57. The van der Waals surface area contributed by atoms with Gasteiger partial charge < -0.3 is 14.6 Å². The Labute approximate surface area is 138 Å². The van der Waals surface area contributed by atoms with Gasteiger partial charge in [0.15, 0.2) is 10.8 Å². The molecule has 0 radical (unpaired) electrons. The van der Waals surface area contributed by atoms with Gasteiger partial charge in [0, 0.05) is 19.0 Å². The molecule has 1 atom stereocenters. The van der Waals surface area contributed by atoms with Gasteiger partial charge >= 0.3 is 0 Å². The lowest BCUT2D eigenvalue weighted by Crippen LogP contribution is -2.51. The van der Waals surface area contributed by atoms with Gasteiger partial charge in [0.05, 0.1) is 0 Å². The molecular weight excluding hydrogens is 314 g/mol. The number of nitrogens with zero attached hydrogens (tertiary/aromatic N) is 2. The second kappa shape index (κ2) is 6.54. The topological polar surface area (TPSA) is 75.4 Å². The minimum atomic E-state index is -0.405. The maximum Gasteiger partial charge on any atom is 0.274 e. The third-order valence-electron chi connectivity index (χ3n) is 3.99. The molecule has 0 aliphatic carbocycles. The molecule has 0 spiro atoms. The number of piperidine rings is 1. The van der Waals surface area contributed by atoms with Crippen LogP contribution in [0.15, 0.2) is 21.9 Å². The summed E-state index contributed by atoms with van der Waals surface area (Å²) >= 11 is 1.37. The van der Waals surface area contributed by atoms with E-state index in [1.54, 1.807) is 17.3 Å². The number of hydrogen-bond acceptors (Lipinski definition) is 5. The molecule has 2 amide bonds. The second-order valence-corrected chi connectivity index (χ2v) is 6.43. The van der Waals surface area contributed by atoms with Gasteiger partial charge in [-0.05, 0) is 38.3 Å². The van der Waals surface area contributed by atoms with E-state index in [4.69, 9.17) is 4.42 Å². The van der Waals surface area contributed by atoms with Gasteiger partial charge in [-0.1, -0.05) is 0 Å². The molecule has 6 nitrogen and oxygen atoms in total. The minimum Gasteiger partial charge on any atom is -0.459 e. The summed E-state index contributed by atoms with van der Waals surface area (Å²) in [5.74, 6) is 1.16. The fraction of sp³-hybridized carbons (Fsp3) is 0.438. The maximum atomic E-state index is 12.7. The fourth-order valence-corrected chi connectivity index (χ4v) is 3.55. The molecule has 0 bridgehead atoms. The average Bonchev–Trinajstić information content (AvgIpc) is 3.22. The summed E-state index contributed by atoms with van der Waals surface area (Å²) in [6.45, 7) is 2.45. The Hall–Kier alpha value is -2.15. The van der Waals surface area contributed by atoms with Crippen molar-refractivity contribution in [1.29, 1.82) is 0 Å². The molecule has 3 heterocycles. The van der Waals surface area contributed by atoms with Crippen LogP contribution >= 0.6 is 11.3 Å². The van der Waals surface area contributed by atoms with Crippen LogP contribution < -0.4 is 5.32 Å². The number of likely N-dealkylation sites (N-methyl/N-ethyl adjacent to an activating group) is 1. The molecular formula is C16H19N3O3S. The largest absolute Gasteiger partial charge is 0.459 e. The Morgan fingerprint density at radius 1 is 1.39 bits per heavy atom. The lowest BCUT2D eigenvalue weighted by atomic mass is 10.0. The molecule has 2 aromatic heterocycles. The van der Waals surface area contributed by atoms with Crippen LogP contribution in [0.4, 0.5) is 0 Å². The Morgan fingerprint density at radius 2 is 2.22 bits per heavy atom. The van der Waals surface area contributed by atoms with Crippen molar-refractivity contribution in [3.05, 3.63) is 29.0 Å². The van der Waals surface area contributed by atoms with E-state index in [0.717, 1.165) is 18.6 Å². The van der Waals surface area contributed by atoms with Gasteiger partial charge in [-0.25, -0.2) is 4.98 Å². The van der Waals surface area contributed by atoms with Crippen molar-refractivity contribution >= 4 is 23.2 Å². The number of carbonyl (C=O) groups excluding carboxylic acids is 2. The molecule has 0 saturated carbocycles. The molecule has 1 fully saturated rings. The number of likely N-dealkylation sites (tertiary alicyclic amines) is 1. The van der Waals surface area contributed by atoms with Gasteiger partial charge in [-0.15, -0.1) is 11.3 Å². The van der Waals surface area contributed by atoms with E-state index in [-0.39, 0.29) is 11.8 Å². The number of nitrogens with one attached hydrogen (secondary N) is 1. The molecule has 7 heteroatoms. The normalized spacial score (nSPS) is 18.0. The third-order valence-corrected chi connectivity index (χ3v) is 4.84. The van der Waals surface area contributed by atoms with E-state index >= 15 is 0 Å². The van der Waals surface area contributed by atoms with E-state index in [2.05, 4.69) is 10.3 Å². The SMILES string of the molecule is CNC(=O)[C@H]1CCCCN1C(=O)c1csc(-c2ccc(C)o2)n1. The molecule has 23 heavy (non-hydrogen) atoms. The van der Waals surface area contributed by atoms with Crippen LogP contribution in [0, 0.1) is 6.92 Å². The van der Waals surface area contributed by atoms with Crippen LogP contribution in [0.5, 0.6) is 0 Å². The minimum absolute atomic E-state index is 0.116. The number of thiazole rings is 1. The van der Waals surface area contributed by atoms with Gasteiger partial charge in [-0.3, -0.25) is 9.59 Å². The zero-order chi connectivity index (χ0) is 16.4. The molecule has 1 N–H and O–H groups in total. The first kappa shape index (κ1) is 15.7. The van der Waals surface area contributed by atoms with Crippen LogP contribution in [0.1, 0.15) is 35.5 Å². The van der Waals surface area contributed by atoms with Crippen LogP contribution in [0.2, 0.25) is 0 Å². The first-order valence-electron chi connectivity index (χ1n) is 7.65. The van der Waals surface area contributed by atoms with E-state index < -0.39 is 6.04 Å². The lowest BCUT2D eigenvalue weighted by Gasteiger charge is -2.33. The quantitative estimate of drug-likeness (QED) is 0.936. The lowest BCUT2D eigenvalue weighted by molar-refractivity contribution is -0.126. The number of furan rings is 1. The molecule has 0 aromatic carbocycles. The number of hydrogen-bond donors (Lipinski definition) is 1. The average molecular weight is 333 g/mol. The highest BCUT2D eigenvalue weighted by Crippen LogP contribution is 2.27. The first-order chi connectivity index (χ1) is 11.1. The van der Waals surface area contributed by atoms with Gasteiger partial charge in [0.2, 0.25) is 5.91 Å². The van der Waals surface area contributed by atoms with E-state index in [1.165, 1.54) is 11.3 Å². The van der Waals surface area contributed by atoms with E-state index in [0.29, 0.717) is 29.4 Å². The van der Waals surface area contributed by atoms with Crippen LogP contribution in [-0.4, -0.2) is 41.3 Å². The zero-order valence-corrected chi connectivity index (χ0v) is 14.0. The first-order valence-corrected chi connectivity index (χ1v) is 8.53. The highest BCUT2D eigenvalue weighted by molar-refractivity contribution is 7.13. The number of amides is 2. The van der Waals surface area contributed by atoms with Crippen molar-refractivity contribution in [2.24, 2.45) is 0 Å². The highest BCUT2D eigenvalue weighted by Gasteiger charge is 2.33. The smallest absolute Gasteiger partial charge is 0.274 e. The van der Waals surface area contributed by atoms with E-state index in [9.17, 15) is 9.59 Å². The number of aryl methyl sites for hydroxylation is 1. The summed E-state index contributed by atoms with van der Waals surface area (Å²) in [4.78, 5) is 30.8. The summed E-state index contributed by atoms with van der Waals surface area (Å²) in [5, 5.41) is 5.04. The molecule has 1 aliphatic heterocycles. The van der Waals surface area contributed by atoms with Crippen molar-refractivity contribution in [2.45, 2.75) is 32.2 Å². The number of carbonyl (C=O) groups is 2. The number of rotatable bonds is 3. The molecule has 122 valence electrons. The molecule has 1 aliphatic rings. The Morgan fingerprint density at radius 3 is 2.91 bits per heavy atom. The van der Waals surface area contributed by atoms with Crippen molar-refractivity contribution in [2.75, 3.05) is 13.6 Å². The standard InChI is InChI=1S/C16H19N3O3S/c1-10-6-7-13(22-10)15-18-11(9-23-15)16(21)19-8-4-3-5-12(19)14(20)17-2/h6-7,9,12H,3-5,8H2,1-2H3,(H,17,20)/t12-/m1/s1. The predicted molar refractivity (Wildman–Crippen MR) is 87.3 cm³/mol. The maximum absolute atomic E-state index is 12.7. The predicted octanol–water partition coefficient (Wildman–Crippen LogP) is 2.45. The summed E-state index contributed by atoms with van der Waals surface area (Å²) in [5.41, 5.74) is 0.370. The molecule has 1 saturated heterocycles. The Balaban J connectivity index is 1.82. The summed E-state index contributed by atoms with van der Waals surface area (Å²) in [6.07, 6.45) is 2.56. The van der Waals surface area contributed by atoms with Crippen LogP contribution in [-0.2, 0) is 4.79 Å². The number of aromatic nitrogens is 1. The van der Waals surface area contributed by atoms with Crippen molar-refractivity contribution < 1.29 is 14.0 Å². The molecule has 2 aromatic rings. The third kappa shape index (κ3) is 3.14. The Kier molecular flexibility index (Phi) is 4.47. The highest BCUT2D eigenvalue weighted by atomic mass is 32.1. The monoisotopic (exact) mass is 333 g/mol. The van der Waals surface area contributed by atoms with Gasteiger partial charge in [-0.2, -0.15) is 0 Å². The summed E-state index contributed by atoms with van der Waals surface area (Å²) < 4.78 is 5.54. The zero-order valence-electron chi connectivity index (χ0n) is 13.2. The summed E-state index contributed by atoms with van der Waals surface area (Å²) in [6, 6.07) is 3.30. The fourth-order valence-electron chi connectivity index (χ4n) is 2.80. The molecule has 0 unspecified atom stereocenters. The van der Waals surface area contributed by atoms with Crippen molar-refractivity contribution in [3.63, 3.8) is 0 Å².